The summed E-state index contributed by atoms with van der Waals surface area (Å²) >= 11 is 5.97. The Labute approximate surface area is 162 Å². The molecule has 3 rings (SSSR count). The van der Waals surface area contributed by atoms with Gasteiger partial charge in [0.2, 0.25) is 0 Å². The summed E-state index contributed by atoms with van der Waals surface area (Å²) in [5.41, 5.74) is 1.07. The van der Waals surface area contributed by atoms with Crippen LogP contribution in [0.3, 0.4) is 0 Å². The van der Waals surface area contributed by atoms with Crippen molar-refractivity contribution in [2.75, 3.05) is 31.5 Å². The summed E-state index contributed by atoms with van der Waals surface area (Å²) < 4.78 is 13.1. The number of nitrogens with zero attached hydrogens (tertiary/aromatic N) is 1. The zero-order valence-corrected chi connectivity index (χ0v) is 15.8. The second-order valence-electron chi connectivity index (χ2n) is 6.65. The van der Waals surface area contributed by atoms with Crippen LogP contribution in [-0.4, -0.2) is 48.9 Å². The largest absolute Gasteiger partial charge is 0.327 e. The van der Waals surface area contributed by atoms with Gasteiger partial charge in [0.15, 0.2) is 6.04 Å². The van der Waals surface area contributed by atoms with Gasteiger partial charge in [0, 0.05) is 5.56 Å². The fourth-order valence-corrected chi connectivity index (χ4v) is 3.43. The van der Waals surface area contributed by atoms with Crippen LogP contribution in [0.15, 0.2) is 48.5 Å². The minimum absolute atomic E-state index is 0.0184. The van der Waals surface area contributed by atoms with Crippen LogP contribution in [0.1, 0.15) is 17.3 Å². The Morgan fingerprint density at radius 1 is 1.15 bits per heavy atom. The predicted molar refractivity (Wildman–Crippen MR) is 103 cm³/mol. The van der Waals surface area contributed by atoms with Gasteiger partial charge < -0.3 is 15.1 Å². The van der Waals surface area contributed by atoms with Crippen LogP contribution in [0.2, 0.25) is 5.02 Å². The number of carbonyl (C=O) groups is 2. The molecular weight excluding hydrogens is 369 g/mol. The maximum absolute atomic E-state index is 13.1. The Kier molecular flexibility index (Phi) is 6.08. The van der Waals surface area contributed by atoms with Gasteiger partial charge in [-0.15, -0.1) is 0 Å². The number of nitrogens with one attached hydrogen (secondary N) is 2. The van der Waals surface area contributed by atoms with Crippen LogP contribution in [0.25, 0.3) is 0 Å². The van der Waals surface area contributed by atoms with Crippen LogP contribution in [-0.2, 0) is 4.79 Å². The number of carbonyl (C=O) groups excluding carboxylic acids is 2. The van der Waals surface area contributed by atoms with Gasteiger partial charge in [0.1, 0.15) is 5.82 Å². The van der Waals surface area contributed by atoms with Gasteiger partial charge in [-0.25, -0.2) is 4.39 Å². The van der Waals surface area contributed by atoms with Gasteiger partial charge >= 0.3 is 0 Å². The molecule has 0 aromatic heterocycles. The highest BCUT2D eigenvalue weighted by atomic mass is 35.5. The fraction of sp³-hybridized carbons (Fsp3) is 0.300. The van der Waals surface area contributed by atoms with E-state index in [9.17, 15) is 14.0 Å². The lowest BCUT2D eigenvalue weighted by Gasteiger charge is -2.34. The van der Waals surface area contributed by atoms with Crippen molar-refractivity contribution in [1.29, 1.82) is 0 Å². The van der Waals surface area contributed by atoms with Gasteiger partial charge in [0.25, 0.3) is 11.8 Å². The van der Waals surface area contributed by atoms with Crippen LogP contribution >= 0.6 is 11.6 Å². The fourth-order valence-electron chi connectivity index (χ4n) is 3.21. The van der Waals surface area contributed by atoms with Crippen molar-refractivity contribution in [3.8, 4) is 0 Å². The maximum Gasteiger partial charge on any atom is 0.282 e. The van der Waals surface area contributed by atoms with Crippen molar-refractivity contribution >= 4 is 29.1 Å². The molecule has 0 radical (unpaired) electrons. The van der Waals surface area contributed by atoms with Crippen molar-refractivity contribution in [2.45, 2.75) is 13.0 Å². The predicted octanol–water partition coefficient (Wildman–Crippen LogP) is 1.85. The number of benzene rings is 2. The van der Waals surface area contributed by atoms with E-state index in [4.69, 9.17) is 11.6 Å². The normalized spacial score (nSPS) is 16.0. The molecule has 2 aromatic carbocycles. The van der Waals surface area contributed by atoms with E-state index >= 15 is 0 Å². The molecule has 2 amide bonds. The summed E-state index contributed by atoms with van der Waals surface area (Å²) in [5.74, 6) is -0.609. The second-order valence-corrected chi connectivity index (χ2v) is 7.06. The molecule has 7 heteroatoms. The van der Waals surface area contributed by atoms with Gasteiger partial charge in [-0.3, -0.25) is 9.59 Å². The summed E-state index contributed by atoms with van der Waals surface area (Å²) in [6, 6.07) is 12.8. The van der Waals surface area contributed by atoms with E-state index in [1.807, 2.05) is 42.2 Å². The van der Waals surface area contributed by atoms with Crippen LogP contribution in [0.5, 0.6) is 0 Å². The van der Waals surface area contributed by atoms with E-state index in [2.05, 4.69) is 5.32 Å². The number of piperazine rings is 1. The van der Waals surface area contributed by atoms with E-state index in [0.717, 1.165) is 4.90 Å². The molecular formula is C20H22ClFN3O2+. The molecule has 0 bridgehead atoms. The first kappa shape index (κ1) is 19.3. The molecule has 0 saturated carbocycles. The lowest BCUT2D eigenvalue weighted by atomic mass is 10.1. The Balaban J connectivity index is 1.55. The molecule has 5 nitrogen and oxygen atoms in total. The highest BCUT2D eigenvalue weighted by molar-refractivity contribution is 6.33. The van der Waals surface area contributed by atoms with Crippen molar-refractivity contribution < 1.29 is 18.9 Å². The smallest absolute Gasteiger partial charge is 0.282 e. The minimum atomic E-state index is -0.448. The van der Waals surface area contributed by atoms with Gasteiger partial charge in [-0.1, -0.05) is 29.8 Å². The summed E-state index contributed by atoms with van der Waals surface area (Å²) in [4.78, 5) is 27.9. The zero-order valence-electron chi connectivity index (χ0n) is 15.0. The second kappa shape index (κ2) is 8.50. The van der Waals surface area contributed by atoms with Crippen LogP contribution in [0.4, 0.5) is 10.1 Å². The van der Waals surface area contributed by atoms with E-state index in [0.29, 0.717) is 37.4 Å². The Hall–Kier alpha value is -2.44. The number of anilines is 1. The van der Waals surface area contributed by atoms with Gasteiger partial charge in [0.05, 0.1) is 36.9 Å². The third-order valence-corrected chi connectivity index (χ3v) is 5.22. The SMILES string of the molecule is C[C@H](C(=O)Nc1ccc(F)cc1Cl)[NH+]1CCN(C(=O)c2ccccc2)CC1. The molecule has 1 aliphatic heterocycles. The molecule has 1 aliphatic rings. The van der Waals surface area contributed by atoms with Crippen molar-refractivity contribution in [3.05, 3.63) is 64.9 Å². The number of halogens is 2. The first-order chi connectivity index (χ1) is 13.0. The molecule has 1 fully saturated rings. The Morgan fingerprint density at radius 3 is 2.44 bits per heavy atom. The summed E-state index contributed by atoms with van der Waals surface area (Å²) in [5, 5.41) is 2.93. The molecule has 1 atom stereocenters. The maximum atomic E-state index is 13.1. The van der Waals surface area contributed by atoms with Crippen molar-refractivity contribution in [2.24, 2.45) is 0 Å². The molecule has 0 unspecified atom stereocenters. The molecule has 2 N–H and O–H groups in total. The first-order valence-corrected chi connectivity index (χ1v) is 9.28. The molecule has 27 heavy (non-hydrogen) atoms. The average molecular weight is 391 g/mol. The first-order valence-electron chi connectivity index (χ1n) is 8.90. The zero-order chi connectivity index (χ0) is 19.4. The number of rotatable bonds is 4. The molecule has 0 aliphatic carbocycles. The van der Waals surface area contributed by atoms with E-state index in [-0.39, 0.29) is 22.9 Å². The number of hydrogen-bond acceptors (Lipinski definition) is 2. The minimum Gasteiger partial charge on any atom is -0.327 e. The van der Waals surface area contributed by atoms with E-state index in [1.165, 1.54) is 18.2 Å². The lowest BCUT2D eigenvalue weighted by Crippen LogP contribution is -3.19. The average Bonchev–Trinajstić information content (AvgIpc) is 2.69. The monoisotopic (exact) mass is 390 g/mol. The molecule has 1 saturated heterocycles. The molecule has 0 spiro atoms. The van der Waals surface area contributed by atoms with E-state index in [1.54, 1.807) is 0 Å². The number of quaternary nitrogens is 1. The number of amides is 2. The quantitative estimate of drug-likeness (QED) is 0.837. The van der Waals surface area contributed by atoms with Crippen molar-refractivity contribution in [3.63, 3.8) is 0 Å². The van der Waals surface area contributed by atoms with E-state index < -0.39 is 5.82 Å². The third-order valence-electron chi connectivity index (χ3n) is 4.91. The van der Waals surface area contributed by atoms with Crippen molar-refractivity contribution in [1.82, 2.24) is 4.90 Å². The summed E-state index contributed by atoms with van der Waals surface area (Å²) in [6.07, 6.45) is 0. The Morgan fingerprint density at radius 2 is 1.81 bits per heavy atom. The van der Waals surface area contributed by atoms with Crippen LogP contribution in [0, 0.1) is 5.82 Å². The van der Waals surface area contributed by atoms with Crippen LogP contribution < -0.4 is 10.2 Å². The topological polar surface area (TPSA) is 53.9 Å². The summed E-state index contributed by atoms with van der Waals surface area (Å²) in [6.45, 7) is 4.40. The highest BCUT2D eigenvalue weighted by Crippen LogP contribution is 2.22. The highest BCUT2D eigenvalue weighted by Gasteiger charge is 2.31. The molecule has 1 heterocycles. The molecule has 2 aromatic rings. The third kappa shape index (κ3) is 4.64. The lowest BCUT2D eigenvalue weighted by molar-refractivity contribution is -0.917. The standard InChI is InChI=1S/C20H21ClFN3O2/c1-14(19(26)23-18-8-7-16(22)13-17(18)21)24-9-11-25(12-10-24)20(27)15-5-3-2-4-6-15/h2-8,13-14H,9-12H2,1H3,(H,23,26)/p+1/t14-/m1/s1. The van der Waals surface area contributed by atoms with Gasteiger partial charge in [-0.2, -0.15) is 0 Å². The molecule has 142 valence electrons. The Bertz CT molecular complexity index is 823. The summed E-state index contributed by atoms with van der Waals surface area (Å²) in [7, 11) is 0. The van der Waals surface area contributed by atoms with Gasteiger partial charge in [-0.05, 0) is 37.3 Å². The number of hydrogen-bond donors (Lipinski definition) is 2.